The lowest BCUT2D eigenvalue weighted by Crippen LogP contribution is -1.95. The summed E-state index contributed by atoms with van der Waals surface area (Å²) in [5, 5.41) is 4.33. The molecule has 0 fully saturated rings. The van der Waals surface area contributed by atoms with E-state index in [0.29, 0.717) is 11.6 Å². The summed E-state index contributed by atoms with van der Waals surface area (Å²) < 4.78 is 5.68. The molecule has 0 amide bonds. The number of halogens is 2. The third-order valence-electron chi connectivity index (χ3n) is 2.83. The Labute approximate surface area is 136 Å². The molecule has 21 heavy (non-hydrogen) atoms. The van der Waals surface area contributed by atoms with Crippen molar-refractivity contribution in [3.63, 3.8) is 0 Å². The molecule has 2 aromatic carbocycles. The second-order valence-corrected chi connectivity index (χ2v) is 6.13. The Morgan fingerprint density at radius 3 is 2.57 bits per heavy atom. The maximum Gasteiger partial charge on any atom is 0.131 e. The molecule has 106 valence electrons. The summed E-state index contributed by atoms with van der Waals surface area (Å²) in [6, 6.07) is 15.0. The number of hydrogen-bond donors (Lipinski definition) is 0. The van der Waals surface area contributed by atoms with Crippen molar-refractivity contribution in [3.05, 3.63) is 69.7 Å². The van der Waals surface area contributed by atoms with Crippen LogP contribution in [0, 0.1) is 0 Å². The van der Waals surface area contributed by atoms with Crippen molar-refractivity contribution >= 4 is 34.5 Å². The Hall–Kier alpha value is -1.55. The third-order valence-corrected chi connectivity index (χ3v) is 4.25. The number of aromatic nitrogens is 1. The fraction of sp³-hybridized carbons (Fsp3) is 0.0625. The van der Waals surface area contributed by atoms with Crippen LogP contribution in [0.25, 0.3) is 10.6 Å². The van der Waals surface area contributed by atoms with Crippen molar-refractivity contribution in [1.82, 2.24) is 4.98 Å². The van der Waals surface area contributed by atoms with E-state index in [1.807, 2.05) is 47.8 Å². The average Bonchev–Trinajstić information content (AvgIpc) is 2.95. The maximum absolute atomic E-state index is 5.92. The van der Waals surface area contributed by atoms with Gasteiger partial charge in [0.25, 0.3) is 0 Å². The van der Waals surface area contributed by atoms with Crippen LogP contribution in [0.1, 0.15) is 5.69 Å². The molecule has 5 heteroatoms. The van der Waals surface area contributed by atoms with Gasteiger partial charge < -0.3 is 4.74 Å². The predicted octanol–water partition coefficient (Wildman–Crippen LogP) is 5.70. The Morgan fingerprint density at radius 1 is 1.00 bits per heavy atom. The van der Waals surface area contributed by atoms with Gasteiger partial charge in [0.2, 0.25) is 0 Å². The van der Waals surface area contributed by atoms with E-state index in [9.17, 15) is 0 Å². The predicted molar refractivity (Wildman–Crippen MR) is 88.3 cm³/mol. The fourth-order valence-electron chi connectivity index (χ4n) is 1.81. The minimum Gasteiger partial charge on any atom is -0.487 e. The van der Waals surface area contributed by atoms with Crippen molar-refractivity contribution in [2.45, 2.75) is 6.61 Å². The molecule has 0 aliphatic carbocycles. The summed E-state index contributed by atoms with van der Waals surface area (Å²) in [5.41, 5.74) is 1.95. The highest BCUT2D eigenvalue weighted by Gasteiger charge is 2.05. The van der Waals surface area contributed by atoms with Crippen LogP contribution in [-0.2, 0) is 6.61 Å². The summed E-state index contributed by atoms with van der Waals surface area (Å²) in [7, 11) is 0. The summed E-state index contributed by atoms with van der Waals surface area (Å²) in [6.07, 6.45) is 0. The normalized spacial score (nSPS) is 10.6. The smallest absolute Gasteiger partial charge is 0.131 e. The first kappa shape index (κ1) is 14.4. The molecule has 0 aliphatic rings. The molecule has 3 aromatic rings. The molecule has 1 heterocycles. The van der Waals surface area contributed by atoms with E-state index in [1.54, 1.807) is 17.4 Å². The minimum absolute atomic E-state index is 0.421. The zero-order chi connectivity index (χ0) is 14.7. The van der Waals surface area contributed by atoms with Crippen molar-refractivity contribution < 1.29 is 4.74 Å². The zero-order valence-corrected chi connectivity index (χ0v) is 13.3. The first-order chi connectivity index (χ1) is 10.2. The molecular weight excluding hydrogens is 325 g/mol. The van der Waals surface area contributed by atoms with Gasteiger partial charge in [0, 0.05) is 21.0 Å². The number of rotatable bonds is 4. The van der Waals surface area contributed by atoms with E-state index in [-0.39, 0.29) is 0 Å². The van der Waals surface area contributed by atoms with Crippen LogP contribution >= 0.6 is 34.5 Å². The van der Waals surface area contributed by atoms with E-state index in [4.69, 9.17) is 27.9 Å². The van der Waals surface area contributed by atoms with E-state index in [0.717, 1.165) is 27.0 Å². The largest absolute Gasteiger partial charge is 0.487 e. The van der Waals surface area contributed by atoms with Gasteiger partial charge >= 0.3 is 0 Å². The summed E-state index contributed by atoms with van der Waals surface area (Å²) in [5.74, 6) is 0.739. The SMILES string of the molecule is Clc1ccc(-c2nc(COc3cccc(Cl)c3)cs2)cc1. The van der Waals surface area contributed by atoms with Gasteiger partial charge in [0.15, 0.2) is 0 Å². The lowest BCUT2D eigenvalue weighted by molar-refractivity contribution is 0.302. The van der Waals surface area contributed by atoms with Crippen LogP contribution in [0.3, 0.4) is 0 Å². The molecule has 0 spiro atoms. The molecule has 0 atom stereocenters. The highest BCUT2D eigenvalue weighted by molar-refractivity contribution is 7.13. The quantitative estimate of drug-likeness (QED) is 0.610. The minimum atomic E-state index is 0.421. The van der Waals surface area contributed by atoms with Crippen molar-refractivity contribution in [3.8, 4) is 16.3 Å². The summed E-state index contributed by atoms with van der Waals surface area (Å²) in [6.45, 7) is 0.421. The highest BCUT2D eigenvalue weighted by atomic mass is 35.5. The van der Waals surface area contributed by atoms with E-state index in [2.05, 4.69) is 4.98 Å². The molecule has 0 radical (unpaired) electrons. The molecule has 0 bridgehead atoms. The molecular formula is C16H11Cl2NOS. The molecule has 2 nitrogen and oxygen atoms in total. The van der Waals surface area contributed by atoms with Crippen molar-refractivity contribution in [2.24, 2.45) is 0 Å². The number of hydrogen-bond acceptors (Lipinski definition) is 3. The van der Waals surface area contributed by atoms with Gasteiger partial charge in [0.05, 0.1) is 5.69 Å². The fourth-order valence-corrected chi connectivity index (χ4v) is 2.93. The Bertz CT molecular complexity index is 740. The number of nitrogens with zero attached hydrogens (tertiary/aromatic N) is 1. The van der Waals surface area contributed by atoms with Crippen LogP contribution in [-0.4, -0.2) is 4.98 Å². The lowest BCUT2D eigenvalue weighted by atomic mass is 10.2. The van der Waals surface area contributed by atoms with Gasteiger partial charge in [-0.05, 0) is 30.3 Å². The topological polar surface area (TPSA) is 22.1 Å². The van der Waals surface area contributed by atoms with E-state index < -0.39 is 0 Å². The van der Waals surface area contributed by atoms with Crippen LogP contribution in [0.15, 0.2) is 53.9 Å². The second-order valence-electron chi connectivity index (χ2n) is 4.40. The summed E-state index contributed by atoms with van der Waals surface area (Å²) >= 11 is 13.4. The average molecular weight is 336 g/mol. The van der Waals surface area contributed by atoms with Crippen LogP contribution in [0.5, 0.6) is 5.75 Å². The molecule has 3 rings (SSSR count). The second kappa shape index (κ2) is 6.48. The van der Waals surface area contributed by atoms with Gasteiger partial charge in [-0.1, -0.05) is 41.4 Å². The summed E-state index contributed by atoms with van der Waals surface area (Å²) in [4.78, 5) is 4.57. The third kappa shape index (κ3) is 3.76. The van der Waals surface area contributed by atoms with Gasteiger partial charge in [-0.2, -0.15) is 0 Å². The van der Waals surface area contributed by atoms with Crippen molar-refractivity contribution in [2.75, 3.05) is 0 Å². The highest BCUT2D eigenvalue weighted by Crippen LogP contribution is 2.26. The maximum atomic E-state index is 5.92. The van der Waals surface area contributed by atoms with Gasteiger partial charge in [0.1, 0.15) is 17.4 Å². The van der Waals surface area contributed by atoms with E-state index >= 15 is 0 Å². The molecule has 0 N–H and O–H groups in total. The Morgan fingerprint density at radius 2 is 1.81 bits per heavy atom. The van der Waals surface area contributed by atoms with Crippen LogP contribution in [0.4, 0.5) is 0 Å². The van der Waals surface area contributed by atoms with Crippen LogP contribution < -0.4 is 4.74 Å². The number of thiazole rings is 1. The standard InChI is InChI=1S/C16H11Cl2NOS/c17-12-6-4-11(5-7-12)16-19-14(10-21-16)9-20-15-3-1-2-13(18)8-15/h1-8,10H,9H2. The molecule has 0 unspecified atom stereocenters. The van der Waals surface area contributed by atoms with Crippen LogP contribution in [0.2, 0.25) is 10.0 Å². The first-order valence-corrected chi connectivity index (χ1v) is 7.93. The first-order valence-electron chi connectivity index (χ1n) is 6.29. The van der Waals surface area contributed by atoms with Gasteiger partial charge in [-0.15, -0.1) is 11.3 Å². The number of benzene rings is 2. The lowest BCUT2D eigenvalue weighted by Gasteiger charge is -2.04. The monoisotopic (exact) mass is 335 g/mol. The number of ether oxygens (including phenoxy) is 1. The molecule has 0 aliphatic heterocycles. The molecule has 0 saturated heterocycles. The van der Waals surface area contributed by atoms with E-state index in [1.165, 1.54) is 0 Å². The van der Waals surface area contributed by atoms with Gasteiger partial charge in [-0.3, -0.25) is 0 Å². The Kier molecular flexibility index (Phi) is 4.44. The Balaban J connectivity index is 1.69. The molecule has 1 aromatic heterocycles. The van der Waals surface area contributed by atoms with Gasteiger partial charge in [-0.25, -0.2) is 4.98 Å². The van der Waals surface area contributed by atoms with Crippen molar-refractivity contribution in [1.29, 1.82) is 0 Å². The molecule has 0 saturated carbocycles. The zero-order valence-electron chi connectivity index (χ0n) is 10.9.